The zero-order chi connectivity index (χ0) is 10.3. The minimum Gasteiger partial charge on any atom is -0.313 e. The van der Waals surface area contributed by atoms with E-state index in [0.29, 0.717) is 12.0 Å². The Labute approximate surface area is 89.7 Å². The van der Waals surface area contributed by atoms with E-state index in [4.69, 9.17) is 0 Å². The van der Waals surface area contributed by atoms with E-state index in [1.165, 1.54) is 18.4 Å². The van der Waals surface area contributed by atoms with Crippen LogP contribution in [0.3, 0.4) is 0 Å². The molecule has 15 heavy (non-hydrogen) atoms. The third-order valence-electron chi connectivity index (χ3n) is 3.82. The summed E-state index contributed by atoms with van der Waals surface area (Å²) in [6, 6.07) is 6.05. The van der Waals surface area contributed by atoms with Gasteiger partial charge in [0.2, 0.25) is 0 Å². The van der Waals surface area contributed by atoms with E-state index in [2.05, 4.69) is 11.4 Å². The van der Waals surface area contributed by atoms with Crippen LogP contribution in [-0.2, 0) is 6.42 Å². The van der Waals surface area contributed by atoms with Crippen LogP contribution in [0.4, 0.5) is 4.39 Å². The molecule has 1 nitrogen and oxygen atoms in total. The smallest absolute Gasteiger partial charge is 0.127 e. The molecule has 0 radical (unpaired) electrons. The normalized spacial score (nSPS) is 29.4. The minimum absolute atomic E-state index is 0.00546. The number of aryl methyl sites for hydroxylation is 1. The number of hydrogen-bond acceptors (Lipinski definition) is 1. The lowest BCUT2D eigenvalue weighted by molar-refractivity contribution is 0.312. The minimum atomic E-state index is 0.00546. The van der Waals surface area contributed by atoms with Crippen molar-refractivity contribution in [1.29, 1.82) is 0 Å². The predicted octanol–water partition coefficient (Wildman–Crippen LogP) is 2.61. The zero-order valence-corrected chi connectivity index (χ0v) is 8.80. The molecule has 1 aromatic rings. The highest BCUT2D eigenvalue weighted by atomic mass is 19.1. The zero-order valence-electron chi connectivity index (χ0n) is 8.80. The van der Waals surface area contributed by atoms with E-state index in [1.807, 2.05) is 6.07 Å². The summed E-state index contributed by atoms with van der Waals surface area (Å²) in [6.07, 6.45) is 4.52. The van der Waals surface area contributed by atoms with Crippen molar-refractivity contribution in [2.45, 2.75) is 37.6 Å². The van der Waals surface area contributed by atoms with Gasteiger partial charge in [-0.05, 0) is 49.4 Å². The lowest BCUT2D eigenvalue weighted by Crippen LogP contribution is -2.43. The Bertz CT molecular complexity index is 375. The molecule has 0 bridgehead atoms. The average molecular weight is 205 g/mol. The first-order chi connectivity index (χ1) is 7.36. The van der Waals surface area contributed by atoms with Gasteiger partial charge in [0.15, 0.2) is 0 Å². The molecule has 1 saturated heterocycles. The quantitative estimate of drug-likeness (QED) is 0.686. The number of benzene rings is 1. The fraction of sp³-hybridized carbons (Fsp3) is 0.538. The lowest BCUT2D eigenvalue weighted by atomic mass is 9.75. The van der Waals surface area contributed by atoms with Crippen LogP contribution >= 0.6 is 0 Å². The fourth-order valence-corrected chi connectivity index (χ4v) is 3.13. The standard InChI is InChI=1S/C13H16FN/c14-11-5-1-3-9-6-7-12-10(13(9)11)4-2-8-15-12/h1,3,5,10,12,15H,2,4,6-8H2/t10-,12-/m0/s1. The van der Waals surface area contributed by atoms with Crippen molar-refractivity contribution in [3.05, 3.63) is 35.1 Å². The second-order valence-electron chi connectivity index (χ2n) is 4.66. The molecule has 1 aliphatic carbocycles. The first kappa shape index (κ1) is 9.34. The predicted molar refractivity (Wildman–Crippen MR) is 58.5 cm³/mol. The molecule has 0 unspecified atom stereocenters. The van der Waals surface area contributed by atoms with Crippen molar-refractivity contribution in [3.63, 3.8) is 0 Å². The number of fused-ring (bicyclic) bond motifs is 3. The molecule has 80 valence electrons. The van der Waals surface area contributed by atoms with Crippen LogP contribution in [0.2, 0.25) is 0 Å². The highest BCUT2D eigenvalue weighted by Gasteiger charge is 2.32. The van der Waals surface area contributed by atoms with Gasteiger partial charge in [-0.25, -0.2) is 4.39 Å². The number of nitrogens with one attached hydrogen (secondary N) is 1. The van der Waals surface area contributed by atoms with Gasteiger partial charge in [-0.3, -0.25) is 0 Å². The van der Waals surface area contributed by atoms with E-state index in [1.54, 1.807) is 6.07 Å². The molecule has 1 fully saturated rings. The van der Waals surface area contributed by atoms with E-state index in [-0.39, 0.29) is 5.82 Å². The van der Waals surface area contributed by atoms with E-state index >= 15 is 0 Å². The first-order valence-electron chi connectivity index (χ1n) is 5.87. The maximum absolute atomic E-state index is 13.8. The third kappa shape index (κ3) is 1.48. The van der Waals surface area contributed by atoms with Crippen molar-refractivity contribution in [1.82, 2.24) is 5.32 Å². The molecule has 1 aliphatic heterocycles. The largest absolute Gasteiger partial charge is 0.313 e. The Morgan fingerprint density at radius 1 is 1.27 bits per heavy atom. The van der Waals surface area contributed by atoms with E-state index in [9.17, 15) is 4.39 Å². The van der Waals surface area contributed by atoms with Gasteiger partial charge in [0, 0.05) is 12.0 Å². The monoisotopic (exact) mass is 205 g/mol. The number of rotatable bonds is 0. The first-order valence-corrected chi connectivity index (χ1v) is 5.87. The summed E-state index contributed by atoms with van der Waals surface area (Å²) in [5, 5.41) is 3.52. The Kier molecular flexibility index (Phi) is 2.24. The van der Waals surface area contributed by atoms with Crippen LogP contribution in [0.15, 0.2) is 18.2 Å². The van der Waals surface area contributed by atoms with Crippen molar-refractivity contribution < 1.29 is 4.39 Å². The van der Waals surface area contributed by atoms with Crippen molar-refractivity contribution in [2.24, 2.45) is 0 Å². The van der Waals surface area contributed by atoms with E-state index in [0.717, 1.165) is 24.9 Å². The van der Waals surface area contributed by atoms with Crippen LogP contribution in [0.5, 0.6) is 0 Å². The highest BCUT2D eigenvalue weighted by molar-refractivity contribution is 5.36. The highest BCUT2D eigenvalue weighted by Crippen LogP contribution is 2.38. The molecule has 2 atom stereocenters. The molecular formula is C13H16FN. The Balaban J connectivity index is 2.05. The molecule has 2 aliphatic rings. The molecule has 1 heterocycles. The van der Waals surface area contributed by atoms with Crippen molar-refractivity contribution in [2.75, 3.05) is 6.54 Å². The summed E-state index contributed by atoms with van der Waals surface area (Å²) in [6.45, 7) is 1.10. The van der Waals surface area contributed by atoms with Gasteiger partial charge in [-0.2, -0.15) is 0 Å². The molecule has 2 heteroatoms. The summed E-state index contributed by atoms with van der Waals surface area (Å²) in [7, 11) is 0. The molecule has 0 aromatic heterocycles. The van der Waals surface area contributed by atoms with Gasteiger partial charge in [0.25, 0.3) is 0 Å². The van der Waals surface area contributed by atoms with Crippen LogP contribution in [0.1, 0.15) is 36.3 Å². The summed E-state index contributed by atoms with van der Waals surface area (Å²) in [4.78, 5) is 0. The Morgan fingerprint density at radius 3 is 3.13 bits per heavy atom. The SMILES string of the molecule is Fc1cccc2c1[C@H]1CCCN[C@H]1CC2. The van der Waals surface area contributed by atoms with Crippen LogP contribution in [-0.4, -0.2) is 12.6 Å². The second kappa shape index (κ2) is 3.60. The van der Waals surface area contributed by atoms with Gasteiger partial charge < -0.3 is 5.32 Å². The molecular weight excluding hydrogens is 189 g/mol. The molecule has 1 N–H and O–H groups in total. The van der Waals surface area contributed by atoms with Crippen LogP contribution in [0, 0.1) is 5.82 Å². The summed E-state index contributed by atoms with van der Waals surface area (Å²) in [5.74, 6) is 0.426. The Hall–Kier alpha value is -0.890. The lowest BCUT2D eigenvalue weighted by Gasteiger charge is -2.38. The maximum Gasteiger partial charge on any atom is 0.127 e. The van der Waals surface area contributed by atoms with Gasteiger partial charge in [0.05, 0.1) is 0 Å². The van der Waals surface area contributed by atoms with Gasteiger partial charge in [0.1, 0.15) is 5.82 Å². The molecule has 3 rings (SSSR count). The third-order valence-corrected chi connectivity index (χ3v) is 3.82. The summed E-state index contributed by atoms with van der Waals surface area (Å²) < 4.78 is 13.8. The molecule has 0 saturated carbocycles. The fourth-order valence-electron chi connectivity index (χ4n) is 3.13. The summed E-state index contributed by atoms with van der Waals surface area (Å²) >= 11 is 0. The van der Waals surface area contributed by atoms with Crippen LogP contribution in [0.25, 0.3) is 0 Å². The van der Waals surface area contributed by atoms with Gasteiger partial charge in [-0.15, -0.1) is 0 Å². The second-order valence-corrected chi connectivity index (χ2v) is 4.66. The topological polar surface area (TPSA) is 12.0 Å². The van der Waals surface area contributed by atoms with Crippen molar-refractivity contribution >= 4 is 0 Å². The molecule has 1 aromatic carbocycles. The van der Waals surface area contributed by atoms with E-state index < -0.39 is 0 Å². The number of hydrogen-bond donors (Lipinski definition) is 1. The van der Waals surface area contributed by atoms with Gasteiger partial charge in [-0.1, -0.05) is 12.1 Å². The Morgan fingerprint density at radius 2 is 2.20 bits per heavy atom. The van der Waals surface area contributed by atoms with Crippen molar-refractivity contribution in [3.8, 4) is 0 Å². The number of halogens is 1. The number of piperidine rings is 1. The maximum atomic E-state index is 13.8. The molecule has 0 spiro atoms. The van der Waals surface area contributed by atoms with Gasteiger partial charge >= 0.3 is 0 Å². The average Bonchev–Trinajstić information content (AvgIpc) is 2.29. The summed E-state index contributed by atoms with van der Waals surface area (Å²) in [5.41, 5.74) is 2.24. The van der Waals surface area contributed by atoms with Crippen LogP contribution < -0.4 is 5.32 Å². The molecule has 0 amide bonds.